The minimum absolute atomic E-state index is 0.0425. The summed E-state index contributed by atoms with van der Waals surface area (Å²) in [6.45, 7) is 9.25. The number of halogens is 2. The Morgan fingerprint density at radius 3 is 2.00 bits per heavy atom. The van der Waals surface area contributed by atoms with E-state index in [0.29, 0.717) is 30.3 Å². The average molecular weight is 420 g/mol. The van der Waals surface area contributed by atoms with Crippen LogP contribution >= 0.6 is 11.8 Å². The van der Waals surface area contributed by atoms with Crippen LogP contribution in [0.4, 0.5) is 14.5 Å². The van der Waals surface area contributed by atoms with Gasteiger partial charge in [0.1, 0.15) is 17.3 Å². The molecule has 1 aliphatic heterocycles. The zero-order valence-electron chi connectivity index (χ0n) is 17.8. The third-order valence-corrected chi connectivity index (χ3v) is 6.29. The van der Waals surface area contributed by atoms with Crippen LogP contribution in [0, 0.1) is 11.6 Å². The van der Waals surface area contributed by atoms with Gasteiger partial charge in [-0.2, -0.15) is 11.8 Å². The molecule has 1 fully saturated rings. The van der Waals surface area contributed by atoms with E-state index >= 15 is 0 Å². The van der Waals surface area contributed by atoms with Crippen LogP contribution in [0.25, 0.3) is 0 Å². The molecule has 29 heavy (non-hydrogen) atoms. The van der Waals surface area contributed by atoms with Gasteiger partial charge in [0, 0.05) is 18.8 Å². The first-order valence-electron chi connectivity index (χ1n) is 10.4. The topological polar surface area (TPSA) is 12.5 Å². The van der Waals surface area contributed by atoms with Gasteiger partial charge in [0.25, 0.3) is 0 Å². The molecule has 0 amide bonds. The molecular weight excluding hydrogens is 388 g/mol. The summed E-state index contributed by atoms with van der Waals surface area (Å²) in [7, 11) is 0. The van der Waals surface area contributed by atoms with Gasteiger partial charge in [-0.1, -0.05) is 38.1 Å². The van der Waals surface area contributed by atoms with Gasteiger partial charge in [0.2, 0.25) is 0 Å². The zero-order valence-corrected chi connectivity index (χ0v) is 18.6. The lowest BCUT2D eigenvalue weighted by Gasteiger charge is -2.37. The number of ether oxygens (including phenoxy) is 1. The van der Waals surface area contributed by atoms with E-state index in [9.17, 15) is 8.78 Å². The van der Waals surface area contributed by atoms with Gasteiger partial charge >= 0.3 is 0 Å². The highest BCUT2D eigenvalue weighted by Crippen LogP contribution is 2.28. The summed E-state index contributed by atoms with van der Waals surface area (Å²) >= 11 is 1.92. The highest BCUT2D eigenvalue weighted by atomic mass is 32.2. The summed E-state index contributed by atoms with van der Waals surface area (Å²) in [5, 5.41) is 0.617. The molecule has 0 N–H and O–H groups in total. The fraction of sp³-hybridized carbons (Fsp3) is 0.500. The number of nitrogens with zero attached hydrogens (tertiary/aromatic N) is 1. The molecule has 0 aliphatic carbocycles. The number of morpholine rings is 1. The standard InChI is InChI=1S/C24H31F2NOS/c1-16(2)29-15-20-8-5-19(6-9-20)7-10-21-11-22(25)24(23(26)12-21)27-13-17(3)28-18(4)14-27/h5-6,8-9,11-12,16-18H,7,10,13-15H2,1-4H3/t17-,18+. The Bertz CT molecular complexity index is 776. The predicted molar refractivity (Wildman–Crippen MR) is 119 cm³/mol. The Morgan fingerprint density at radius 1 is 0.931 bits per heavy atom. The second-order valence-corrected chi connectivity index (χ2v) is 9.81. The lowest BCUT2D eigenvalue weighted by molar-refractivity contribution is -0.00558. The molecule has 0 aromatic heterocycles. The maximum absolute atomic E-state index is 14.8. The molecule has 1 saturated heterocycles. The van der Waals surface area contributed by atoms with E-state index in [-0.39, 0.29) is 17.9 Å². The molecule has 0 unspecified atom stereocenters. The molecule has 0 radical (unpaired) electrons. The molecule has 5 heteroatoms. The molecule has 1 heterocycles. The molecule has 0 bridgehead atoms. The van der Waals surface area contributed by atoms with Gasteiger partial charge in [-0.15, -0.1) is 0 Å². The number of rotatable bonds is 7. The zero-order chi connectivity index (χ0) is 21.0. The Hall–Kier alpha value is -1.59. The number of benzene rings is 2. The largest absolute Gasteiger partial charge is 0.372 e. The van der Waals surface area contributed by atoms with Gasteiger partial charge in [0.05, 0.1) is 12.2 Å². The molecular formula is C24H31F2NOS. The summed E-state index contributed by atoms with van der Waals surface area (Å²) in [5.74, 6) is 0.0407. The average Bonchev–Trinajstić information content (AvgIpc) is 2.64. The van der Waals surface area contributed by atoms with Crippen molar-refractivity contribution in [1.82, 2.24) is 0 Å². The van der Waals surface area contributed by atoms with Gasteiger partial charge in [-0.25, -0.2) is 8.78 Å². The first-order valence-corrected chi connectivity index (χ1v) is 11.4. The number of hydrogen-bond acceptors (Lipinski definition) is 3. The van der Waals surface area contributed by atoms with E-state index in [0.717, 1.165) is 12.2 Å². The molecule has 158 valence electrons. The quantitative estimate of drug-likeness (QED) is 0.546. The summed E-state index contributed by atoms with van der Waals surface area (Å²) in [6.07, 6.45) is 1.30. The van der Waals surface area contributed by atoms with Crippen LogP contribution in [-0.2, 0) is 23.3 Å². The molecule has 1 aliphatic rings. The minimum Gasteiger partial charge on any atom is -0.372 e. The lowest BCUT2D eigenvalue weighted by atomic mass is 10.0. The minimum atomic E-state index is -0.484. The van der Waals surface area contributed by atoms with Gasteiger partial charge in [0.15, 0.2) is 0 Å². The van der Waals surface area contributed by atoms with Crippen molar-refractivity contribution >= 4 is 17.4 Å². The fourth-order valence-corrected chi connectivity index (χ4v) is 4.50. The highest BCUT2D eigenvalue weighted by Gasteiger charge is 2.26. The van der Waals surface area contributed by atoms with Crippen molar-refractivity contribution < 1.29 is 13.5 Å². The van der Waals surface area contributed by atoms with E-state index in [4.69, 9.17) is 4.74 Å². The van der Waals surface area contributed by atoms with Crippen LogP contribution in [0.1, 0.15) is 44.4 Å². The monoisotopic (exact) mass is 419 g/mol. The van der Waals surface area contributed by atoms with E-state index < -0.39 is 11.6 Å². The van der Waals surface area contributed by atoms with E-state index in [1.54, 1.807) is 4.90 Å². The van der Waals surface area contributed by atoms with Crippen LogP contribution in [0.2, 0.25) is 0 Å². The van der Waals surface area contributed by atoms with Crippen molar-refractivity contribution in [2.75, 3.05) is 18.0 Å². The van der Waals surface area contributed by atoms with Crippen LogP contribution < -0.4 is 4.90 Å². The smallest absolute Gasteiger partial charge is 0.149 e. The second-order valence-electron chi connectivity index (χ2n) is 8.25. The molecule has 3 rings (SSSR count). The first-order chi connectivity index (χ1) is 13.8. The van der Waals surface area contributed by atoms with Gasteiger partial charge in [-0.05, 0) is 60.8 Å². The summed E-state index contributed by atoms with van der Waals surface area (Å²) in [5.41, 5.74) is 3.26. The normalized spacial score (nSPS) is 19.8. The lowest BCUT2D eigenvalue weighted by Crippen LogP contribution is -2.46. The maximum Gasteiger partial charge on any atom is 0.149 e. The van der Waals surface area contributed by atoms with Crippen molar-refractivity contribution in [3.05, 3.63) is 64.7 Å². The highest BCUT2D eigenvalue weighted by molar-refractivity contribution is 7.99. The Kier molecular flexibility index (Phi) is 7.58. The summed E-state index contributed by atoms with van der Waals surface area (Å²) < 4.78 is 35.2. The van der Waals surface area contributed by atoms with Gasteiger partial charge < -0.3 is 9.64 Å². The molecule has 2 aromatic carbocycles. The third-order valence-electron chi connectivity index (χ3n) is 5.12. The van der Waals surface area contributed by atoms with Crippen molar-refractivity contribution in [2.45, 2.75) is 63.7 Å². The molecule has 0 saturated carbocycles. The number of hydrogen-bond donors (Lipinski definition) is 0. The Morgan fingerprint density at radius 2 is 1.45 bits per heavy atom. The predicted octanol–water partition coefficient (Wildman–Crippen LogP) is 6.01. The van der Waals surface area contributed by atoms with E-state index in [1.807, 2.05) is 25.6 Å². The van der Waals surface area contributed by atoms with E-state index in [1.165, 1.54) is 23.3 Å². The van der Waals surface area contributed by atoms with Crippen LogP contribution in [-0.4, -0.2) is 30.5 Å². The fourth-order valence-electron chi connectivity index (χ4n) is 3.78. The van der Waals surface area contributed by atoms with Crippen LogP contribution in [0.15, 0.2) is 36.4 Å². The number of aryl methyl sites for hydroxylation is 2. The van der Waals surface area contributed by atoms with Crippen molar-refractivity contribution in [1.29, 1.82) is 0 Å². The maximum atomic E-state index is 14.8. The summed E-state index contributed by atoms with van der Waals surface area (Å²) in [4.78, 5) is 1.77. The molecule has 2 aromatic rings. The Labute approximate surface area is 177 Å². The summed E-state index contributed by atoms with van der Waals surface area (Å²) in [6, 6.07) is 11.5. The SMILES string of the molecule is CC(C)SCc1ccc(CCc2cc(F)c(N3C[C@@H](C)O[C@@H](C)C3)c(F)c2)cc1. The van der Waals surface area contributed by atoms with Crippen molar-refractivity contribution in [3.8, 4) is 0 Å². The Balaban J connectivity index is 1.63. The van der Waals surface area contributed by atoms with Crippen molar-refractivity contribution in [2.24, 2.45) is 0 Å². The van der Waals surface area contributed by atoms with E-state index in [2.05, 4.69) is 38.1 Å². The van der Waals surface area contributed by atoms with Crippen LogP contribution in [0.3, 0.4) is 0 Å². The van der Waals surface area contributed by atoms with Crippen LogP contribution in [0.5, 0.6) is 0 Å². The number of thioether (sulfide) groups is 1. The second kappa shape index (κ2) is 9.94. The number of anilines is 1. The van der Waals surface area contributed by atoms with Crippen molar-refractivity contribution in [3.63, 3.8) is 0 Å². The molecule has 0 spiro atoms. The molecule has 2 nitrogen and oxygen atoms in total. The van der Waals surface area contributed by atoms with Gasteiger partial charge in [-0.3, -0.25) is 0 Å². The molecule has 2 atom stereocenters. The third kappa shape index (κ3) is 6.19. The first kappa shape index (κ1) is 22.1.